The van der Waals surface area contributed by atoms with Crippen molar-refractivity contribution < 1.29 is 31.9 Å². The zero-order chi connectivity index (χ0) is 23.0. The third-order valence-electron chi connectivity index (χ3n) is 4.77. The molecule has 32 heavy (non-hydrogen) atoms. The van der Waals surface area contributed by atoms with E-state index in [1.165, 1.54) is 66.5 Å². The number of carbonyl (C=O) groups excluding carboxylic acids is 2. The highest BCUT2D eigenvalue weighted by Crippen LogP contribution is 2.37. The van der Waals surface area contributed by atoms with Gasteiger partial charge >= 0.3 is 12.3 Å². The molecule has 0 aliphatic carbocycles. The first kappa shape index (κ1) is 21.3. The first-order valence-corrected chi connectivity index (χ1v) is 9.29. The third-order valence-corrected chi connectivity index (χ3v) is 4.77. The van der Waals surface area contributed by atoms with Crippen molar-refractivity contribution in [1.29, 1.82) is 0 Å². The van der Waals surface area contributed by atoms with Crippen LogP contribution in [0, 0.1) is 5.82 Å². The lowest BCUT2D eigenvalue weighted by Gasteiger charge is -2.22. The molecule has 2 aromatic heterocycles. The number of rotatable bonds is 4. The van der Waals surface area contributed by atoms with Gasteiger partial charge in [0.05, 0.1) is 17.4 Å². The number of carbonyl (C=O) groups is 2. The maximum absolute atomic E-state index is 13.1. The van der Waals surface area contributed by atoms with Crippen LogP contribution in [0.4, 0.5) is 33.9 Å². The zero-order valence-corrected chi connectivity index (χ0v) is 16.4. The lowest BCUT2D eigenvalue weighted by atomic mass is 10.1. The molecule has 1 aliphatic rings. The van der Waals surface area contributed by atoms with Crippen molar-refractivity contribution >= 4 is 23.5 Å². The Morgan fingerprint density at radius 2 is 1.88 bits per heavy atom. The minimum atomic E-state index is -4.75. The van der Waals surface area contributed by atoms with Crippen LogP contribution >= 0.6 is 0 Å². The van der Waals surface area contributed by atoms with Gasteiger partial charge in [-0.3, -0.25) is 9.69 Å². The summed E-state index contributed by atoms with van der Waals surface area (Å²) in [6.45, 7) is 1.17. The van der Waals surface area contributed by atoms with Crippen molar-refractivity contribution in [2.24, 2.45) is 0 Å². The smallest absolute Gasteiger partial charge is 0.427 e. The SMILES string of the molecule is CC1C(C(F)(F)F)OC(=O)N1c1ncccc1NC(=O)c1ccn(-c2ccc(F)cc2)n1. The van der Waals surface area contributed by atoms with Gasteiger partial charge in [0.2, 0.25) is 6.10 Å². The van der Waals surface area contributed by atoms with E-state index in [0.29, 0.717) is 5.69 Å². The van der Waals surface area contributed by atoms with Crippen LogP contribution in [-0.4, -0.2) is 45.1 Å². The summed E-state index contributed by atoms with van der Waals surface area (Å²) >= 11 is 0. The highest BCUT2D eigenvalue weighted by atomic mass is 19.4. The summed E-state index contributed by atoms with van der Waals surface area (Å²) < 4.78 is 58.4. The van der Waals surface area contributed by atoms with Gasteiger partial charge in [0.15, 0.2) is 11.5 Å². The molecule has 3 aromatic rings. The Labute approximate surface area is 178 Å². The molecular formula is C20H15F4N5O3. The Morgan fingerprint density at radius 3 is 2.53 bits per heavy atom. The van der Waals surface area contributed by atoms with Gasteiger partial charge in [-0.25, -0.2) is 18.9 Å². The third kappa shape index (κ3) is 3.98. The molecule has 2 atom stereocenters. The van der Waals surface area contributed by atoms with Crippen LogP contribution in [0.1, 0.15) is 17.4 Å². The standard InChI is InChI=1S/C20H15F4N5O3/c1-11-16(20(22,23)24)32-19(31)29(11)17-14(3-2-9-25-17)26-18(30)15-8-10-28(27-15)13-6-4-12(21)5-7-13/h2-11,16H,1H3,(H,26,30). The molecule has 166 valence electrons. The predicted octanol–water partition coefficient (Wildman–Crippen LogP) is 3.93. The van der Waals surface area contributed by atoms with Crippen molar-refractivity contribution in [1.82, 2.24) is 14.8 Å². The highest BCUT2D eigenvalue weighted by molar-refractivity contribution is 6.05. The number of hydrogen-bond donors (Lipinski definition) is 1. The molecule has 0 radical (unpaired) electrons. The van der Waals surface area contributed by atoms with Crippen LogP contribution in [0.3, 0.4) is 0 Å². The molecule has 1 aromatic carbocycles. The average molecular weight is 449 g/mol. The first-order chi connectivity index (χ1) is 15.1. The fourth-order valence-corrected chi connectivity index (χ4v) is 3.24. The summed E-state index contributed by atoms with van der Waals surface area (Å²) in [5.74, 6) is -1.30. The second kappa shape index (κ2) is 7.94. The number of aromatic nitrogens is 3. The maximum Gasteiger partial charge on any atom is 0.427 e. The van der Waals surface area contributed by atoms with Crippen LogP contribution in [-0.2, 0) is 4.74 Å². The van der Waals surface area contributed by atoms with Crippen molar-refractivity contribution in [3.8, 4) is 5.69 Å². The molecular weight excluding hydrogens is 434 g/mol. The number of ether oxygens (including phenoxy) is 1. The number of nitrogens with zero attached hydrogens (tertiary/aromatic N) is 4. The molecule has 2 amide bonds. The Bertz CT molecular complexity index is 1160. The fraction of sp³-hybridized carbons (Fsp3) is 0.200. The summed E-state index contributed by atoms with van der Waals surface area (Å²) in [6, 6.07) is 8.27. The van der Waals surface area contributed by atoms with Gasteiger partial charge in [-0.05, 0) is 49.4 Å². The molecule has 8 nitrogen and oxygen atoms in total. The number of amides is 2. The minimum Gasteiger partial charge on any atom is -0.434 e. The number of pyridine rings is 1. The number of hydrogen-bond acceptors (Lipinski definition) is 5. The van der Waals surface area contributed by atoms with E-state index < -0.39 is 36.1 Å². The molecule has 1 aliphatic heterocycles. The second-order valence-corrected chi connectivity index (χ2v) is 6.91. The number of alkyl halides is 3. The summed E-state index contributed by atoms with van der Waals surface area (Å²) in [6.07, 6.45) is -5.55. The highest BCUT2D eigenvalue weighted by Gasteiger charge is 2.55. The van der Waals surface area contributed by atoms with Crippen LogP contribution in [0.2, 0.25) is 0 Å². The first-order valence-electron chi connectivity index (χ1n) is 9.29. The molecule has 1 saturated heterocycles. The van der Waals surface area contributed by atoms with E-state index in [2.05, 4.69) is 20.1 Å². The number of halogens is 4. The van der Waals surface area contributed by atoms with Crippen LogP contribution < -0.4 is 10.2 Å². The molecule has 12 heteroatoms. The van der Waals surface area contributed by atoms with Crippen molar-refractivity contribution in [2.75, 3.05) is 10.2 Å². The molecule has 3 heterocycles. The molecule has 0 bridgehead atoms. The second-order valence-electron chi connectivity index (χ2n) is 6.91. The molecule has 0 spiro atoms. The summed E-state index contributed by atoms with van der Waals surface area (Å²) in [7, 11) is 0. The Hall–Kier alpha value is -3.96. The van der Waals surface area contributed by atoms with Crippen LogP contribution in [0.5, 0.6) is 0 Å². The normalized spacial score (nSPS) is 18.5. The van der Waals surface area contributed by atoms with Gasteiger partial charge in [-0.2, -0.15) is 18.3 Å². The molecule has 0 saturated carbocycles. The van der Waals surface area contributed by atoms with Gasteiger partial charge in [-0.1, -0.05) is 0 Å². The quantitative estimate of drug-likeness (QED) is 0.610. The Morgan fingerprint density at radius 1 is 1.16 bits per heavy atom. The van der Waals surface area contributed by atoms with E-state index in [-0.39, 0.29) is 17.2 Å². The van der Waals surface area contributed by atoms with Gasteiger partial charge in [-0.15, -0.1) is 0 Å². The minimum absolute atomic E-state index is 0.000423. The zero-order valence-electron chi connectivity index (χ0n) is 16.4. The largest absolute Gasteiger partial charge is 0.434 e. The summed E-state index contributed by atoms with van der Waals surface area (Å²) in [4.78, 5) is 29.5. The van der Waals surface area contributed by atoms with Crippen molar-refractivity contribution in [2.45, 2.75) is 25.2 Å². The molecule has 2 unspecified atom stereocenters. The Balaban J connectivity index is 1.57. The number of nitrogens with one attached hydrogen (secondary N) is 1. The fourth-order valence-electron chi connectivity index (χ4n) is 3.24. The number of anilines is 2. The monoisotopic (exact) mass is 449 g/mol. The topological polar surface area (TPSA) is 89.4 Å². The van der Waals surface area contributed by atoms with Crippen molar-refractivity contribution in [3.05, 3.63) is 66.4 Å². The van der Waals surface area contributed by atoms with Crippen LogP contribution in [0.15, 0.2) is 54.9 Å². The summed E-state index contributed by atoms with van der Waals surface area (Å²) in [5.41, 5.74) is 0.495. The molecule has 1 fully saturated rings. The van der Waals surface area contributed by atoms with E-state index in [0.717, 1.165) is 4.90 Å². The predicted molar refractivity (Wildman–Crippen MR) is 104 cm³/mol. The van der Waals surface area contributed by atoms with E-state index in [1.807, 2.05) is 0 Å². The maximum atomic E-state index is 13.1. The molecule has 1 N–H and O–H groups in total. The van der Waals surface area contributed by atoms with Gasteiger partial charge in [0.25, 0.3) is 5.91 Å². The van der Waals surface area contributed by atoms with Gasteiger partial charge < -0.3 is 10.1 Å². The van der Waals surface area contributed by atoms with E-state index >= 15 is 0 Å². The Kier molecular flexibility index (Phi) is 5.28. The number of benzene rings is 1. The van der Waals surface area contributed by atoms with E-state index in [4.69, 9.17) is 0 Å². The lowest BCUT2D eigenvalue weighted by Crippen LogP contribution is -2.41. The lowest BCUT2D eigenvalue weighted by molar-refractivity contribution is -0.198. The summed E-state index contributed by atoms with van der Waals surface area (Å²) in [5, 5.41) is 6.62. The van der Waals surface area contributed by atoms with E-state index in [1.54, 1.807) is 0 Å². The van der Waals surface area contributed by atoms with Gasteiger partial charge in [0, 0.05) is 12.4 Å². The molecule has 4 rings (SSSR count). The number of cyclic esters (lactones) is 1. The van der Waals surface area contributed by atoms with E-state index in [9.17, 15) is 27.2 Å². The average Bonchev–Trinajstić information content (AvgIpc) is 3.34. The van der Waals surface area contributed by atoms with Crippen LogP contribution in [0.25, 0.3) is 5.69 Å². The van der Waals surface area contributed by atoms with Gasteiger partial charge in [0.1, 0.15) is 5.82 Å². The van der Waals surface area contributed by atoms with Crippen molar-refractivity contribution in [3.63, 3.8) is 0 Å².